The zero-order valence-corrected chi connectivity index (χ0v) is 29.1. The number of ether oxygens (including phenoxy) is 2. The van der Waals surface area contributed by atoms with Gasteiger partial charge in [0.2, 0.25) is 0 Å². The highest BCUT2D eigenvalue weighted by Crippen LogP contribution is 2.56. The van der Waals surface area contributed by atoms with Crippen LogP contribution in [0.15, 0.2) is 54.1 Å². The third kappa shape index (κ3) is 4.42. The molecule has 6 heterocycles. The van der Waals surface area contributed by atoms with Crippen LogP contribution >= 0.6 is 0 Å². The number of aromatic nitrogens is 2. The number of benzene rings is 2. The molecular formula is C41H48N4O4. The number of allylic oxidation sites excluding steroid dienone is 1. The Labute approximate surface area is 288 Å². The molecule has 1 saturated carbocycles. The van der Waals surface area contributed by atoms with E-state index in [9.17, 15) is 9.59 Å². The Kier molecular flexibility index (Phi) is 7.36. The van der Waals surface area contributed by atoms with Crippen molar-refractivity contribution in [1.29, 1.82) is 0 Å². The molecular weight excluding hydrogens is 612 g/mol. The number of methoxy groups -OCH3 is 2. The monoisotopic (exact) mass is 660 g/mol. The molecule has 4 aromatic rings. The molecule has 4 aliphatic heterocycles. The Morgan fingerprint density at radius 3 is 2.65 bits per heavy atom. The lowest BCUT2D eigenvalue weighted by Gasteiger charge is -2.57. The van der Waals surface area contributed by atoms with Crippen molar-refractivity contribution in [2.45, 2.75) is 75.8 Å². The van der Waals surface area contributed by atoms with Crippen molar-refractivity contribution in [2.75, 3.05) is 33.9 Å². The van der Waals surface area contributed by atoms with E-state index in [-0.39, 0.29) is 41.8 Å². The third-order valence-electron chi connectivity index (χ3n) is 13.5. The Bertz CT molecular complexity index is 2010. The number of rotatable bonds is 4. The molecule has 0 spiro atoms. The van der Waals surface area contributed by atoms with Crippen molar-refractivity contribution in [2.24, 2.45) is 23.7 Å². The molecule has 0 amide bonds. The van der Waals surface area contributed by atoms with E-state index >= 15 is 0 Å². The van der Waals surface area contributed by atoms with Gasteiger partial charge in [0.15, 0.2) is 0 Å². The van der Waals surface area contributed by atoms with Gasteiger partial charge in [-0.3, -0.25) is 14.5 Å². The number of carbonyl (C=O) groups excluding carboxylic acids is 2. The first-order valence-corrected chi connectivity index (χ1v) is 18.4. The smallest absolute Gasteiger partial charge is 0.319 e. The molecule has 3 N–H and O–H groups in total. The van der Waals surface area contributed by atoms with Gasteiger partial charge in [0.1, 0.15) is 5.41 Å². The Morgan fingerprint density at radius 2 is 1.86 bits per heavy atom. The van der Waals surface area contributed by atoms with Crippen molar-refractivity contribution in [3.63, 3.8) is 0 Å². The van der Waals surface area contributed by atoms with Crippen molar-refractivity contribution >= 4 is 33.7 Å². The third-order valence-corrected chi connectivity index (χ3v) is 13.5. The van der Waals surface area contributed by atoms with Crippen molar-refractivity contribution in [3.05, 3.63) is 82.2 Å². The van der Waals surface area contributed by atoms with Crippen LogP contribution < -0.4 is 5.32 Å². The van der Waals surface area contributed by atoms with Crippen LogP contribution in [-0.4, -0.2) is 72.7 Å². The average molecular weight is 661 g/mol. The van der Waals surface area contributed by atoms with Crippen LogP contribution in [0.5, 0.6) is 0 Å². The average Bonchev–Trinajstić information content (AvgIpc) is 3.66. The summed E-state index contributed by atoms with van der Waals surface area (Å²) in [7, 11) is 3.09. The maximum absolute atomic E-state index is 14.1. The lowest BCUT2D eigenvalue weighted by atomic mass is 9.56. The molecule has 3 saturated heterocycles. The summed E-state index contributed by atoms with van der Waals surface area (Å²) in [5.74, 6) is 0.592. The predicted octanol–water partition coefficient (Wildman–Crippen LogP) is 6.14. The maximum atomic E-state index is 14.1. The van der Waals surface area contributed by atoms with Crippen molar-refractivity contribution < 1.29 is 19.1 Å². The number of para-hydroxylation sites is 1. The van der Waals surface area contributed by atoms with E-state index < -0.39 is 5.41 Å². The molecule has 2 aromatic heterocycles. The van der Waals surface area contributed by atoms with Gasteiger partial charge >= 0.3 is 11.9 Å². The predicted molar refractivity (Wildman–Crippen MR) is 191 cm³/mol. The number of fused-ring (bicyclic) bond motifs is 9. The number of H-pyrrole nitrogens is 2. The molecule has 49 heavy (non-hydrogen) atoms. The zero-order chi connectivity index (χ0) is 33.6. The molecule has 9 atom stereocenters. The summed E-state index contributed by atoms with van der Waals surface area (Å²) in [6.45, 7) is 7.18. The first-order valence-electron chi connectivity index (χ1n) is 18.4. The minimum atomic E-state index is -0.676. The van der Waals surface area contributed by atoms with Gasteiger partial charge < -0.3 is 24.8 Å². The molecule has 0 radical (unpaired) electrons. The van der Waals surface area contributed by atoms with Crippen LogP contribution in [0.25, 0.3) is 21.8 Å². The molecule has 8 nitrogen and oxygen atoms in total. The lowest BCUT2D eigenvalue weighted by molar-refractivity contribution is -0.162. The lowest BCUT2D eigenvalue weighted by Crippen LogP contribution is -2.67. The number of nitrogens with zero attached hydrogens (tertiary/aromatic N) is 1. The molecule has 6 aliphatic rings. The van der Waals surface area contributed by atoms with E-state index in [2.05, 4.69) is 82.6 Å². The molecule has 2 aliphatic carbocycles. The van der Waals surface area contributed by atoms with Crippen LogP contribution in [0.1, 0.15) is 73.5 Å². The second-order valence-corrected chi connectivity index (χ2v) is 15.5. The normalized spacial score (nSPS) is 34.2. The zero-order valence-electron chi connectivity index (χ0n) is 29.1. The van der Waals surface area contributed by atoms with Crippen LogP contribution in [0.2, 0.25) is 0 Å². The van der Waals surface area contributed by atoms with Gasteiger partial charge in [-0.25, -0.2) is 0 Å². The van der Waals surface area contributed by atoms with Crippen LogP contribution in [0.3, 0.4) is 0 Å². The highest BCUT2D eigenvalue weighted by molar-refractivity contribution is 5.92. The van der Waals surface area contributed by atoms with E-state index in [0.717, 1.165) is 68.5 Å². The summed E-state index contributed by atoms with van der Waals surface area (Å²) in [6, 6.07) is 15.6. The van der Waals surface area contributed by atoms with E-state index in [0.29, 0.717) is 11.8 Å². The van der Waals surface area contributed by atoms with Gasteiger partial charge in [0, 0.05) is 70.8 Å². The fraction of sp³-hybridized carbons (Fsp3) is 0.512. The molecule has 2 aromatic carbocycles. The summed E-state index contributed by atoms with van der Waals surface area (Å²) in [5.41, 5.74) is 8.96. The van der Waals surface area contributed by atoms with Crippen LogP contribution in [0.4, 0.5) is 0 Å². The number of hydrogen-bond acceptors (Lipinski definition) is 6. The molecule has 1 unspecified atom stereocenters. The number of nitrogens with one attached hydrogen (secondary N) is 3. The number of aromatic amines is 2. The fourth-order valence-corrected chi connectivity index (χ4v) is 11.5. The molecule has 6 bridgehead atoms. The van der Waals surface area contributed by atoms with Crippen molar-refractivity contribution in [3.8, 4) is 0 Å². The van der Waals surface area contributed by atoms with Gasteiger partial charge in [0.25, 0.3) is 0 Å². The second-order valence-electron chi connectivity index (χ2n) is 15.5. The summed E-state index contributed by atoms with van der Waals surface area (Å²) >= 11 is 0. The molecule has 256 valence electrons. The molecule has 4 fully saturated rings. The SMILES string of the molecule is C/C=C1/CN[C@H]2Cc3c([nH]c4ccccc34)[C@@H](c3ccc4[nH]c5c(c4c3)CCN3C[C@@H]4C[C@H](CC)[C@H]3[C@@]5(C(=O)OC)C4)C[C@@H]1[C@@H]2C(=O)OC. The standard InChI is InChI=1S/C41H48N4O4/c1-5-23-15-22-19-41(40(47)49-4)37-27(13-14-45(21-22)38(23)41)30-16-25(11-12-33(30)44-37)29-17-28-24(6-2)20-42-34(35(28)39(46)48-3)18-31-26-9-7-8-10-32(26)43-36(29)31/h6-12,16,22-23,28-29,34-35,38,42-44H,5,13-15,17-21H2,1-4H3/b24-6-/t22-,23+,28+,29-,34+,35+,38+,41-/m1/s1. The van der Waals surface area contributed by atoms with Gasteiger partial charge in [-0.2, -0.15) is 0 Å². The van der Waals surface area contributed by atoms with E-state index in [1.165, 1.54) is 52.3 Å². The topological polar surface area (TPSA) is 99.5 Å². The molecule has 10 rings (SSSR count). The van der Waals surface area contributed by atoms with Gasteiger partial charge in [-0.05, 0) is 91.7 Å². The first kappa shape index (κ1) is 31.1. The number of piperidine rings is 3. The van der Waals surface area contributed by atoms with Crippen LogP contribution in [0, 0.1) is 23.7 Å². The second kappa shape index (κ2) is 11.6. The number of carbonyl (C=O) groups is 2. The first-order chi connectivity index (χ1) is 23.9. The number of hydrogen-bond donors (Lipinski definition) is 3. The van der Waals surface area contributed by atoms with Gasteiger partial charge in [0.05, 0.1) is 20.1 Å². The maximum Gasteiger partial charge on any atom is 0.319 e. The summed E-state index contributed by atoms with van der Waals surface area (Å²) in [6.07, 6.45) is 7.78. The van der Waals surface area contributed by atoms with E-state index in [1.807, 2.05) is 0 Å². The Hall–Kier alpha value is -3.88. The summed E-state index contributed by atoms with van der Waals surface area (Å²) in [5, 5.41) is 6.16. The van der Waals surface area contributed by atoms with Gasteiger partial charge in [-0.1, -0.05) is 49.3 Å². The minimum absolute atomic E-state index is 0.00544. The molecule has 8 heteroatoms. The summed E-state index contributed by atoms with van der Waals surface area (Å²) < 4.78 is 11.2. The Balaban J connectivity index is 1.23. The highest BCUT2D eigenvalue weighted by Gasteiger charge is 2.62. The fourth-order valence-electron chi connectivity index (χ4n) is 11.5. The number of esters is 2. The van der Waals surface area contributed by atoms with E-state index in [1.54, 1.807) is 7.11 Å². The minimum Gasteiger partial charge on any atom is -0.469 e. The summed E-state index contributed by atoms with van der Waals surface area (Å²) in [4.78, 5) is 38.0. The largest absolute Gasteiger partial charge is 0.469 e. The Morgan fingerprint density at radius 1 is 1.02 bits per heavy atom. The quantitative estimate of drug-likeness (QED) is 0.180. The highest BCUT2D eigenvalue weighted by atomic mass is 16.5. The van der Waals surface area contributed by atoms with E-state index in [4.69, 9.17) is 9.47 Å². The van der Waals surface area contributed by atoms with Crippen molar-refractivity contribution in [1.82, 2.24) is 20.2 Å². The van der Waals surface area contributed by atoms with Gasteiger partial charge in [-0.15, -0.1) is 0 Å². The van der Waals surface area contributed by atoms with Crippen LogP contribution in [-0.2, 0) is 37.3 Å².